The molecule has 0 aromatic heterocycles. The largest absolute Gasteiger partial charge is 0.376 e. The van der Waals surface area contributed by atoms with Crippen LogP contribution in [0.4, 0.5) is 0 Å². The van der Waals surface area contributed by atoms with Gasteiger partial charge in [-0.25, -0.2) is 0 Å². The van der Waals surface area contributed by atoms with Crippen LogP contribution in [-0.4, -0.2) is 12.2 Å². The number of ether oxygens (including phenoxy) is 1. The Kier molecular flexibility index (Phi) is 3.73. The van der Waals surface area contributed by atoms with E-state index < -0.39 is 0 Å². The molecule has 1 fully saturated rings. The van der Waals surface area contributed by atoms with E-state index in [9.17, 15) is 0 Å². The maximum Gasteiger partial charge on any atom is 0.0632 e. The van der Waals surface area contributed by atoms with Crippen molar-refractivity contribution >= 4 is 0 Å². The molecule has 1 unspecified atom stereocenters. The summed E-state index contributed by atoms with van der Waals surface area (Å²) in [6, 6.07) is 12.9. The van der Waals surface area contributed by atoms with Gasteiger partial charge < -0.3 is 4.74 Å². The molecule has 0 radical (unpaired) electrons. The third kappa shape index (κ3) is 3.11. The van der Waals surface area contributed by atoms with Crippen molar-refractivity contribution in [2.45, 2.75) is 45.1 Å². The minimum atomic E-state index is -0.107. The van der Waals surface area contributed by atoms with Crippen molar-refractivity contribution in [3.8, 4) is 6.07 Å². The van der Waals surface area contributed by atoms with E-state index in [1.807, 2.05) is 6.07 Å². The van der Waals surface area contributed by atoms with Crippen LogP contribution in [0.5, 0.6) is 0 Å². The van der Waals surface area contributed by atoms with Crippen molar-refractivity contribution in [3.05, 3.63) is 35.9 Å². The van der Waals surface area contributed by atoms with E-state index in [-0.39, 0.29) is 11.0 Å². The molecular weight excluding hydrogens is 222 g/mol. The minimum Gasteiger partial charge on any atom is -0.376 e. The Balaban J connectivity index is 2.19. The first-order valence-electron chi connectivity index (χ1n) is 6.60. The van der Waals surface area contributed by atoms with Gasteiger partial charge in [0.05, 0.1) is 11.7 Å². The van der Waals surface area contributed by atoms with Crippen molar-refractivity contribution in [2.75, 3.05) is 6.61 Å². The van der Waals surface area contributed by atoms with Crippen LogP contribution < -0.4 is 0 Å². The average Bonchev–Trinajstić information content (AvgIpc) is 2.29. The lowest BCUT2D eigenvalue weighted by Gasteiger charge is -2.44. The second-order valence-corrected chi connectivity index (χ2v) is 6.03. The van der Waals surface area contributed by atoms with Crippen LogP contribution in [0, 0.1) is 16.7 Å². The summed E-state index contributed by atoms with van der Waals surface area (Å²) >= 11 is 0. The highest BCUT2D eigenvalue weighted by Crippen LogP contribution is 2.43. The van der Waals surface area contributed by atoms with E-state index in [0.717, 1.165) is 25.9 Å². The van der Waals surface area contributed by atoms with Crippen molar-refractivity contribution in [3.63, 3.8) is 0 Å². The summed E-state index contributed by atoms with van der Waals surface area (Å²) < 4.78 is 5.80. The van der Waals surface area contributed by atoms with Gasteiger partial charge in [-0.15, -0.1) is 0 Å². The van der Waals surface area contributed by atoms with Crippen LogP contribution in [0.25, 0.3) is 0 Å². The number of rotatable bonds is 3. The smallest absolute Gasteiger partial charge is 0.0632 e. The molecule has 1 aromatic rings. The first-order valence-corrected chi connectivity index (χ1v) is 6.60. The van der Waals surface area contributed by atoms with E-state index in [4.69, 9.17) is 10.00 Å². The molecular formula is C16H21NO. The summed E-state index contributed by atoms with van der Waals surface area (Å²) in [4.78, 5) is 0. The summed E-state index contributed by atoms with van der Waals surface area (Å²) in [5, 5.41) is 9.14. The van der Waals surface area contributed by atoms with Gasteiger partial charge in [0.25, 0.3) is 0 Å². The number of benzene rings is 1. The number of hydrogen-bond donors (Lipinski definition) is 0. The SMILES string of the molecule is CC1(C)CC(CC#N)(Cc2ccccc2)CCO1. The van der Waals surface area contributed by atoms with Gasteiger partial charge in [0.1, 0.15) is 0 Å². The molecule has 1 atom stereocenters. The van der Waals surface area contributed by atoms with Crippen LogP contribution in [-0.2, 0) is 11.2 Å². The molecule has 2 rings (SSSR count). The van der Waals surface area contributed by atoms with Gasteiger partial charge in [-0.2, -0.15) is 5.26 Å². The van der Waals surface area contributed by atoms with Crippen LogP contribution in [0.3, 0.4) is 0 Å². The van der Waals surface area contributed by atoms with E-state index >= 15 is 0 Å². The maximum atomic E-state index is 9.14. The summed E-state index contributed by atoms with van der Waals surface area (Å²) in [6.07, 6.45) is 3.55. The van der Waals surface area contributed by atoms with Gasteiger partial charge in [-0.1, -0.05) is 30.3 Å². The Labute approximate surface area is 110 Å². The van der Waals surface area contributed by atoms with Gasteiger partial charge in [0.2, 0.25) is 0 Å². The van der Waals surface area contributed by atoms with Gasteiger partial charge in [-0.05, 0) is 44.1 Å². The van der Waals surface area contributed by atoms with Gasteiger partial charge in [0.15, 0.2) is 0 Å². The lowest BCUT2D eigenvalue weighted by atomic mass is 9.68. The molecule has 1 aromatic carbocycles. The summed E-state index contributed by atoms with van der Waals surface area (Å²) in [6.45, 7) is 5.02. The topological polar surface area (TPSA) is 33.0 Å². The highest BCUT2D eigenvalue weighted by atomic mass is 16.5. The third-order valence-electron chi connectivity index (χ3n) is 3.80. The Bertz CT molecular complexity index is 432. The number of nitriles is 1. The molecule has 18 heavy (non-hydrogen) atoms. The first-order chi connectivity index (χ1) is 8.55. The predicted octanol–water partition coefficient (Wildman–Crippen LogP) is 3.72. The van der Waals surface area contributed by atoms with Crippen molar-refractivity contribution in [2.24, 2.45) is 5.41 Å². The van der Waals surface area contributed by atoms with Gasteiger partial charge in [-0.3, -0.25) is 0 Å². The first kappa shape index (κ1) is 13.1. The molecule has 1 aliphatic heterocycles. The lowest BCUT2D eigenvalue weighted by molar-refractivity contribution is -0.103. The van der Waals surface area contributed by atoms with E-state index in [1.165, 1.54) is 5.56 Å². The standard InChI is InChI=1S/C16H21NO/c1-15(2)13-16(8-10-17,9-11-18-15)12-14-6-4-3-5-7-14/h3-7H,8-9,11-13H2,1-2H3. The Morgan fingerprint density at radius 2 is 2.00 bits per heavy atom. The highest BCUT2D eigenvalue weighted by molar-refractivity contribution is 5.18. The van der Waals surface area contributed by atoms with Crippen molar-refractivity contribution < 1.29 is 4.74 Å². The molecule has 0 saturated carbocycles. The predicted molar refractivity (Wildman–Crippen MR) is 72.1 cm³/mol. The Morgan fingerprint density at radius 3 is 2.61 bits per heavy atom. The number of hydrogen-bond acceptors (Lipinski definition) is 2. The van der Waals surface area contributed by atoms with Gasteiger partial charge >= 0.3 is 0 Å². The zero-order valence-electron chi connectivity index (χ0n) is 11.3. The molecule has 2 nitrogen and oxygen atoms in total. The van der Waals surface area contributed by atoms with Crippen LogP contribution >= 0.6 is 0 Å². The molecule has 2 heteroatoms. The van der Waals surface area contributed by atoms with Crippen molar-refractivity contribution in [1.29, 1.82) is 5.26 Å². The maximum absolute atomic E-state index is 9.14. The van der Waals surface area contributed by atoms with Crippen molar-refractivity contribution in [1.82, 2.24) is 0 Å². The Morgan fingerprint density at radius 1 is 1.28 bits per heavy atom. The second kappa shape index (κ2) is 5.12. The normalized spacial score (nSPS) is 26.5. The molecule has 1 aliphatic rings. The fourth-order valence-corrected chi connectivity index (χ4v) is 3.15. The van der Waals surface area contributed by atoms with E-state index in [1.54, 1.807) is 0 Å². The van der Waals surface area contributed by atoms with Gasteiger partial charge in [0, 0.05) is 13.0 Å². The average molecular weight is 243 g/mol. The highest BCUT2D eigenvalue weighted by Gasteiger charge is 2.40. The lowest BCUT2D eigenvalue weighted by Crippen LogP contribution is -2.42. The molecule has 0 bridgehead atoms. The van der Waals surface area contributed by atoms with Crippen LogP contribution in [0.15, 0.2) is 30.3 Å². The third-order valence-corrected chi connectivity index (χ3v) is 3.80. The van der Waals surface area contributed by atoms with Crippen LogP contribution in [0.2, 0.25) is 0 Å². The van der Waals surface area contributed by atoms with E-state index in [2.05, 4.69) is 44.2 Å². The fourth-order valence-electron chi connectivity index (χ4n) is 3.15. The van der Waals surface area contributed by atoms with Crippen LogP contribution in [0.1, 0.15) is 38.7 Å². The Hall–Kier alpha value is -1.33. The monoisotopic (exact) mass is 243 g/mol. The molecule has 0 aliphatic carbocycles. The zero-order valence-corrected chi connectivity index (χ0v) is 11.3. The zero-order chi connectivity index (χ0) is 13.1. The summed E-state index contributed by atoms with van der Waals surface area (Å²) in [7, 11) is 0. The van der Waals surface area contributed by atoms with E-state index in [0.29, 0.717) is 6.42 Å². The minimum absolute atomic E-state index is 0.0812. The molecule has 96 valence electrons. The summed E-state index contributed by atoms with van der Waals surface area (Å²) in [5.74, 6) is 0. The second-order valence-electron chi connectivity index (χ2n) is 6.03. The fraction of sp³-hybridized carbons (Fsp3) is 0.562. The molecule has 1 saturated heterocycles. The number of nitrogens with zero attached hydrogens (tertiary/aromatic N) is 1. The quantitative estimate of drug-likeness (QED) is 0.810. The molecule has 0 spiro atoms. The summed E-state index contributed by atoms with van der Waals surface area (Å²) in [5.41, 5.74) is 1.30. The molecule has 0 N–H and O–H groups in total. The molecule has 0 amide bonds. The molecule has 1 heterocycles.